The maximum atomic E-state index is 6.20. The van der Waals surface area contributed by atoms with Gasteiger partial charge >= 0.3 is 0 Å². The van der Waals surface area contributed by atoms with Gasteiger partial charge in [-0.05, 0) is 44.6 Å². The predicted molar refractivity (Wildman–Crippen MR) is 83.2 cm³/mol. The third-order valence-corrected chi connectivity index (χ3v) is 5.08. The van der Waals surface area contributed by atoms with Crippen molar-refractivity contribution in [3.63, 3.8) is 0 Å². The summed E-state index contributed by atoms with van der Waals surface area (Å²) in [7, 11) is 0. The monoisotopic (exact) mass is 273 g/mol. The maximum absolute atomic E-state index is 6.20. The Morgan fingerprint density at radius 1 is 1.20 bits per heavy atom. The third-order valence-electron chi connectivity index (χ3n) is 5.08. The Kier molecular flexibility index (Phi) is 4.02. The van der Waals surface area contributed by atoms with Crippen molar-refractivity contribution in [1.29, 1.82) is 0 Å². The summed E-state index contributed by atoms with van der Waals surface area (Å²) in [6, 6.07) is 6.65. The molecule has 0 aromatic heterocycles. The van der Waals surface area contributed by atoms with Crippen LogP contribution in [0.25, 0.3) is 0 Å². The Hall–Kier alpha value is -1.02. The van der Waals surface area contributed by atoms with Gasteiger partial charge in [0.05, 0.1) is 6.61 Å². The van der Waals surface area contributed by atoms with Crippen LogP contribution in [0.3, 0.4) is 0 Å². The van der Waals surface area contributed by atoms with Gasteiger partial charge in [0.15, 0.2) is 0 Å². The molecule has 0 saturated heterocycles. The number of ether oxygens (including phenoxy) is 1. The van der Waals surface area contributed by atoms with Crippen LogP contribution in [0.5, 0.6) is 5.75 Å². The average molecular weight is 273 g/mol. The molecule has 2 nitrogen and oxygen atoms in total. The minimum atomic E-state index is 0.156. The summed E-state index contributed by atoms with van der Waals surface area (Å²) in [5.41, 5.74) is 9.05. The first-order valence-corrected chi connectivity index (χ1v) is 8.17. The molecule has 0 atom stereocenters. The fraction of sp³-hybridized carbons (Fsp3) is 0.667. The molecule has 0 amide bonds. The van der Waals surface area contributed by atoms with Gasteiger partial charge in [0.2, 0.25) is 0 Å². The summed E-state index contributed by atoms with van der Waals surface area (Å²) >= 11 is 0. The lowest BCUT2D eigenvalue weighted by atomic mass is 9.69. The fourth-order valence-electron chi connectivity index (χ4n) is 3.49. The van der Waals surface area contributed by atoms with E-state index in [1.165, 1.54) is 56.1 Å². The highest BCUT2D eigenvalue weighted by Gasteiger charge is 2.35. The van der Waals surface area contributed by atoms with Crippen LogP contribution in [0.1, 0.15) is 56.1 Å². The van der Waals surface area contributed by atoms with E-state index < -0.39 is 0 Å². The van der Waals surface area contributed by atoms with Gasteiger partial charge < -0.3 is 10.5 Å². The van der Waals surface area contributed by atoms with Crippen molar-refractivity contribution < 1.29 is 4.74 Å². The zero-order chi connectivity index (χ0) is 14.0. The fourth-order valence-corrected chi connectivity index (χ4v) is 3.49. The maximum Gasteiger partial charge on any atom is 0.123 e. The van der Waals surface area contributed by atoms with E-state index in [9.17, 15) is 0 Å². The first-order valence-electron chi connectivity index (χ1n) is 8.17. The summed E-state index contributed by atoms with van der Waals surface area (Å²) in [5.74, 6) is 1.89. The predicted octanol–water partition coefficient (Wildman–Crippen LogP) is 3.94. The van der Waals surface area contributed by atoms with Gasteiger partial charge in [-0.25, -0.2) is 0 Å². The van der Waals surface area contributed by atoms with E-state index in [0.717, 1.165) is 24.8 Å². The van der Waals surface area contributed by atoms with Crippen molar-refractivity contribution in [1.82, 2.24) is 0 Å². The minimum absolute atomic E-state index is 0.156. The second kappa shape index (κ2) is 5.77. The van der Waals surface area contributed by atoms with Crippen LogP contribution in [0, 0.1) is 12.8 Å². The van der Waals surface area contributed by atoms with E-state index in [2.05, 4.69) is 25.1 Å². The van der Waals surface area contributed by atoms with Gasteiger partial charge in [0.25, 0.3) is 0 Å². The molecule has 0 spiro atoms. The second-order valence-corrected chi connectivity index (χ2v) is 6.80. The molecule has 110 valence electrons. The van der Waals surface area contributed by atoms with Crippen molar-refractivity contribution in [2.45, 2.75) is 57.3 Å². The molecule has 3 rings (SSSR count). The lowest BCUT2D eigenvalue weighted by Crippen LogP contribution is -2.37. The SMILES string of the molecule is Cc1ccc(OCC2CC2)c(C2(CN)CCCCC2)c1. The second-order valence-electron chi connectivity index (χ2n) is 6.80. The molecule has 2 heteroatoms. The Balaban J connectivity index is 1.89. The van der Waals surface area contributed by atoms with Crippen LogP contribution in [0.4, 0.5) is 0 Å². The van der Waals surface area contributed by atoms with Gasteiger partial charge in [0, 0.05) is 17.5 Å². The molecule has 2 aliphatic carbocycles. The first-order chi connectivity index (χ1) is 9.73. The molecule has 2 fully saturated rings. The highest BCUT2D eigenvalue weighted by Crippen LogP contribution is 2.43. The standard InChI is InChI=1S/C18H27NO/c1-14-5-8-17(20-12-15-6-7-15)16(11-14)18(13-19)9-3-2-4-10-18/h5,8,11,15H,2-4,6-7,9-10,12-13,19H2,1H3. The molecule has 0 radical (unpaired) electrons. The summed E-state index contributed by atoms with van der Waals surface area (Å²) in [5, 5.41) is 0. The zero-order valence-electron chi connectivity index (χ0n) is 12.7. The number of nitrogens with two attached hydrogens (primary N) is 1. The normalized spacial score (nSPS) is 21.7. The van der Waals surface area contributed by atoms with Crippen LogP contribution in [-0.2, 0) is 5.41 Å². The van der Waals surface area contributed by atoms with Gasteiger partial charge in [-0.2, -0.15) is 0 Å². The van der Waals surface area contributed by atoms with Crippen molar-refractivity contribution in [2.24, 2.45) is 11.7 Å². The van der Waals surface area contributed by atoms with Gasteiger partial charge in [-0.1, -0.05) is 37.0 Å². The molecule has 0 bridgehead atoms. The molecular formula is C18H27NO. The van der Waals surface area contributed by atoms with Crippen molar-refractivity contribution in [2.75, 3.05) is 13.2 Å². The van der Waals surface area contributed by atoms with E-state index in [1.807, 2.05) is 0 Å². The molecule has 1 aromatic rings. The Labute approximate surface area is 122 Å². The molecule has 0 aliphatic heterocycles. The molecule has 2 N–H and O–H groups in total. The smallest absolute Gasteiger partial charge is 0.123 e. The summed E-state index contributed by atoms with van der Waals surface area (Å²) in [4.78, 5) is 0. The Bertz CT molecular complexity index is 458. The molecule has 0 heterocycles. The summed E-state index contributed by atoms with van der Waals surface area (Å²) in [6.45, 7) is 3.80. The number of benzene rings is 1. The minimum Gasteiger partial charge on any atom is -0.493 e. The molecular weight excluding hydrogens is 246 g/mol. The van der Waals surface area contributed by atoms with E-state index >= 15 is 0 Å². The van der Waals surface area contributed by atoms with Gasteiger partial charge in [-0.3, -0.25) is 0 Å². The molecule has 1 aromatic carbocycles. The zero-order valence-corrected chi connectivity index (χ0v) is 12.7. The van der Waals surface area contributed by atoms with E-state index in [-0.39, 0.29) is 5.41 Å². The molecule has 2 saturated carbocycles. The number of aryl methyl sites for hydroxylation is 1. The first kappa shape index (κ1) is 13.9. The molecule has 2 aliphatic rings. The Morgan fingerprint density at radius 3 is 2.60 bits per heavy atom. The van der Waals surface area contributed by atoms with Crippen molar-refractivity contribution in [3.05, 3.63) is 29.3 Å². The van der Waals surface area contributed by atoms with Crippen molar-refractivity contribution in [3.8, 4) is 5.75 Å². The topological polar surface area (TPSA) is 35.2 Å². The number of hydrogen-bond acceptors (Lipinski definition) is 2. The van der Waals surface area contributed by atoms with Gasteiger partial charge in [0.1, 0.15) is 5.75 Å². The Morgan fingerprint density at radius 2 is 1.95 bits per heavy atom. The van der Waals surface area contributed by atoms with Gasteiger partial charge in [-0.15, -0.1) is 0 Å². The van der Waals surface area contributed by atoms with E-state index in [1.54, 1.807) is 0 Å². The molecule has 0 unspecified atom stereocenters. The van der Waals surface area contributed by atoms with E-state index in [4.69, 9.17) is 10.5 Å². The molecule has 20 heavy (non-hydrogen) atoms. The van der Waals surface area contributed by atoms with Crippen LogP contribution >= 0.6 is 0 Å². The van der Waals surface area contributed by atoms with Crippen LogP contribution in [0.2, 0.25) is 0 Å². The average Bonchev–Trinajstić information content (AvgIpc) is 3.31. The quantitative estimate of drug-likeness (QED) is 0.881. The lowest BCUT2D eigenvalue weighted by Gasteiger charge is -2.38. The van der Waals surface area contributed by atoms with Crippen LogP contribution in [0.15, 0.2) is 18.2 Å². The highest BCUT2D eigenvalue weighted by atomic mass is 16.5. The highest BCUT2D eigenvalue weighted by molar-refractivity contribution is 5.43. The van der Waals surface area contributed by atoms with Crippen LogP contribution < -0.4 is 10.5 Å². The largest absolute Gasteiger partial charge is 0.493 e. The van der Waals surface area contributed by atoms with E-state index in [0.29, 0.717) is 0 Å². The lowest BCUT2D eigenvalue weighted by molar-refractivity contribution is 0.262. The van der Waals surface area contributed by atoms with Crippen molar-refractivity contribution >= 4 is 0 Å². The summed E-state index contributed by atoms with van der Waals surface area (Å²) in [6.07, 6.45) is 9.05. The third kappa shape index (κ3) is 2.85. The number of rotatable bonds is 5. The van der Waals surface area contributed by atoms with Crippen LogP contribution in [-0.4, -0.2) is 13.2 Å². The number of hydrogen-bond donors (Lipinski definition) is 1. The summed E-state index contributed by atoms with van der Waals surface area (Å²) < 4.78 is 6.14.